The van der Waals surface area contributed by atoms with E-state index >= 15 is 0 Å². The van der Waals surface area contributed by atoms with Gasteiger partial charge in [-0.3, -0.25) is 9.59 Å². The van der Waals surface area contributed by atoms with Crippen LogP contribution < -0.4 is 10.9 Å². The molecule has 4 rings (SSSR count). The van der Waals surface area contributed by atoms with Gasteiger partial charge in [-0.25, -0.2) is 4.98 Å². The number of aryl methyl sites for hydroxylation is 2. The first kappa shape index (κ1) is 19.5. The number of carbonyl (C=O) groups excluding carboxylic acids is 1. The van der Waals surface area contributed by atoms with Crippen LogP contribution >= 0.6 is 34.7 Å². The van der Waals surface area contributed by atoms with Crippen molar-refractivity contribution in [2.45, 2.75) is 38.0 Å². The Hall–Kier alpha value is -1.83. The number of amides is 1. The van der Waals surface area contributed by atoms with Crippen LogP contribution in [-0.2, 0) is 29.9 Å². The molecule has 1 amide bonds. The van der Waals surface area contributed by atoms with Crippen molar-refractivity contribution >= 4 is 50.8 Å². The van der Waals surface area contributed by atoms with Crippen molar-refractivity contribution in [1.82, 2.24) is 15.3 Å². The molecule has 0 bridgehead atoms. The third-order valence-electron chi connectivity index (χ3n) is 4.72. The summed E-state index contributed by atoms with van der Waals surface area (Å²) in [5, 5.41) is 4.30. The highest BCUT2D eigenvalue weighted by Gasteiger charge is 2.19. The molecule has 2 N–H and O–H groups in total. The number of nitrogens with zero attached hydrogens (tertiary/aromatic N) is 1. The van der Waals surface area contributed by atoms with Crippen LogP contribution in [0.2, 0.25) is 5.02 Å². The number of fused-ring (bicyclic) bond motifs is 3. The zero-order chi connectivity index (χ0) is 19.5. The largest absolute Gasteiger partial charge is 0.351 e. The number of carbonyl (C=O) groups is 1. The Morgan fingerprint density at radius 2 is 2.18 bits per heavy atom. The molecule has 1 aromatic carbocycles. The fraction of sp³-hybridized carbons (Fsp3) is 0.350. The van der Waals surface area contributed by atoms with E-state index in [9.17, 15) is 9.59 Å². The molecule has 2 heterocycles. The van der Waals surface area contributed by atoms with Crippen LogP contribution in [0.25, 0.3) is 10.2 Å². The third-order valence-corrected chi connectivity index (χ3v) is 7.09. The van der Waals surface area contributed by atoms with Crippen LogP contribution in [0.15, 0.2) is 29.1 Å². The quantitative estimate of drug-likeness (QED) is 0.614. The van der Waals surface area contributed by atoms with Crippen LogP contribution in [0.1, 0.15) is 34.7 Å². The first-order valence-electron chi connectivity index (χ1n) is 9.22. The van der Waals surface area contributed by atoms with Crippen LogP contribution in [0.4, 0.5) is 0 Å². The number of aromatic amines is 1. The van der Waals surface area contributed by atoms with Gasteiger partial charge in [0.2, 0.25) is 5.91 Å². The van der Waals surface area contributed by atoms with Gasteiger partial charge >= 0.3 is 0 Å². The number of H-pyrrole nitrogens is 1. The van der Waals surface area contributed by atoms with E-state index in [1.807, 2.05) is 18.2 Å². The highest BCUT2D eigenvalue weighted by Crippen LogP contribution is 2.33. The second kappa shape index (κ2) is 8.68. The molecule has 3 aromatic rings. The lowest BCUT2D eigenvalue weighted by Crippen LogP contribution is -2.24. The molecule has 5 nitrogen and oxygen atoms in total. The van der Waals surface area contributed by atoms with Crippen molar-refractivity contribution in [3.05, 3.63) is 61.5 Å². The van der Waals surface area contributed by atoms with Gasteiger partial charge < -0.3 is 10.3 Å². The number of aromatic nitrogens is 2. The Morgan fingerprint density at radius 3 is 3.04 bits per heavy atom. The average Bonchev–Trinajstić information content (AvgIpc) is 3.05. The Balaban J connectivity index is 1.34. The number of benzene rings is 1. The minimum absolute atomic E-state index is 0.0505. The Bertz CT molecular complexity index is 1080. The highest BCUT2D eigenvalue weighted by molar-refractivity contribution is 7.99. The van der Waals surface area contributed by atoms with Gasteiger partial charge in [-0.2, -0.15) is 0 Å². The zero-order valence-corrected chi connectivity index (χ0v) is 17.6. The number of halogens is 1. The first-order chi connectivity index (χ1) is 13.6. The van der Waals surface area contributed by atoms with Crippen molar-refractivity contribution in [2.75, 3.05) is 5.75 Å². The van der Waals surface area contributed by atoms with Gasteiger partial charge in [-0.05, 0) is 48.9 Å². The van der Waals surface area contributed by atoms with Crippen LogP contribution in [0, 0.1) is 0 Å². The molecule has 0 unspecified atom stereocenters. The predicted molar refractivity (Wildman–Crippen MR) is 116 cm³/mol. The SMILES string of the molecule is O=C(CSCc1nc2sc3c(c2c(=O)[nH]1)CCCC3)NCc1cccc(Cl)c1. The maximum atomic E-state index is 12.5. The summed E-state index contributed by atoms with van der Waals surface area (Å²) in [6.07, 6.45) is 4.35. The molecular formula is C20H20ClN3O2S2. The fourth-order valence-corrected chi connectivity index (χ4v) is 5.63. The smallest absolute Gasteiger partial charge is 0.259 e. The predicted octanol–water partition coefficient (Wildman–Crippen LogP) is 4.07. The average molecular weight is 434 g/mol. The molecule has 1 aliphatic carbocycles. The molecule has 0 fully saturated rings. The molecule has 0 spiro atoms. The summed E-state index contributed by atoms with van der Waals surface area (Å²) in [5.74, 6) is 1.38. The normalized spacial score (nSPS) is 13.5. The summed E-state index contributed by atoms with van der Waals surface area (Å²) in [5.41, 5.74) is 2.11. The molecule has 28 heavy (non-hydrogen) atoms. The van der Waals surface area contributed by atoms with Crippen molar-refractivity contribution < 1.29 is 4.79 Å². The maximum Gasteiger partial charge on any atom is 0.259 e. The zero-order valence-electron chi connectivity index (χ0n) is 15.2. The number of hydrogen-bond donors (Lipinski definition) is 2. The van der Waals surface area contributed by atoms with Gasteiger partial charge in [-0.1, -0.05) is 23.7 Å². The minimum atomic E-state index is -0.0556. The lowest BCUT2D eigenvalue weighted by atomic mass is 9.97. The molecule has 146 valence electrons. The van der Waals surface area contributed by atoms with Crippen LogP contribution in [0.3, 0.4) is 0 Å². The van der Waals surface area contributed by atoms with Crippen molar-refractivity contribution in [2.24, 2.45) is 0 Å². The third kappa shape index (κ3) is 4.42. The van der Waals surface area contributed by atoms with E-state index < -0.39 is 0 Å². The molecule has 0 saturated carbocycles. The van der Waals surface area contributed by atoms with Gasteiger partial charge in [0.25, 0.3) is 5.56 Å². The maximum absolute atomic E-state index is 12.5. The van der Waals surface area contributed by atoms with Gasteiger partial charge in [0, 0.05) is 16.4 Å². The van der Waals surface area contributed by atoms with Gasteiger partial charge in [0.15, 0.2) is 0 Å². The van der Waals surface area contributed by atoms with Crippen molar-refractivity contribution in [3.63, 3.8) is 0 Å². The number of hydrogen-bond acceptors (Lipinski definition) is 5. The lowest BCUT2D eigenvalue weighted by Gasteiger charge is -2.09. The first-order valence-corrected chi connectivity index (χ1v) is 11.6. The van der Waals surface area contributed by atoms with E-state index in [2.05, 4.69) is 15.3 Å². The number of rotatable bonds is 6. The number of thioether (sulfide) groups is 1. The van der Waals surface area contributed by atoms with Crippen molar-refractivity contribution in [1.29, 1.82) is 0 Å². The second-order valence-corrected chi connectivity index (χ2v) is 9.31. The molecule has 0 aliphatic heterocycles. The van der Waals surface area contributed by atoms with Crippen LogP contribution in [-0.4, -0.2) is 21.6 Å². The van der Waals surface area contributed by atoms with E-state index in [4.69, 9.17) is 11.6 Å². The Morgan fingerprint density at radius 1 is 1.32 bits per heavy atom. The number of nitrogens with one attached hydrogen (secondary N) is 2. The Labute approximate surface area is 175 Å². The van der Waals surface area contributed by atoms with E-state index in [-0.39, 0.29) is 11.5 Å². The molecule has 1 aliphatic rings. The molecule has 0 atom stereocenters. The van der Waals surface area contributed by atoms with Crippen molar-refractivity contribution in [3.8, 4) is 0 Å². The monoisotopic (exact) mass is 433 g/mol. The van der Waals surface area contributed by atoms with E-state index in [0.29, 0.717) is 28.9 Å². The fourth-order valence-electron chi connectivity index (χ4n) is 3.42. The molecular weight excluding hydrogens is 414 g/mol. The Kier molecular flexibility index (Phi) is 6.04. The van der Waals surface area contributed by atoms with E-state index in [1.54, 1.807) is 17.4 Å². The van der Waals surface area contributed by atoms with Gasteiger partial charge in [-0.15, -0.1) is 23.1 Å². The van der Waals surface area contributed by atoms with Crippen LogP contribution in [0.5, 0.6) is 0 Å². The highest BCUT2D eigenvalue weighted by atomic mass is 35.5. The van der Waals surface area contributed by atoms with E-state index in [0.717, 1.165) is 35.0 Å². The van der Waals surface area contributed by atoms with Gasteiger partial charge in [0.1, 0.15) is 10.7 Å². The standard InChI is InChI=1S/C20H20ClN3O2S2/c21-13-5-3-4-12(8-13)9-22-17(25)11-27-10-16-23-19(26)18-14-6-1-2-7-15(14)28-20(18)24-16/h3-5,8H,1-2,6-7,9-11H2,(H,22,25)(H,23,24,26). The number of thiophene rings is 1. The topological polar surface area (TPSA) is 74.8 Å². The van der Waals surface area contributed by atoms with Gasteiger partial charge in [0.05, 0.1) is 16.9 Å². The molecule has 2 aromatic heterocycles. The summed E-state index contributed by atoms with van der Waals surface area (Å²) in [6, 6.07) is 7.42. The lowest BCUT2D eigenvalue weighted by molar-refractivity contribution is -0.118. The summed E-state index contributed by atoms with van der Waals surface area (Å²) in [6.45, 7) is 0.446. The summed E-state index contributed by atoms with van der Waals surface area (Å²) >= 11 is 9.03. The minimum Gasteiger partial charge on any atom is -0.351 e. The molecule has 8 heteroatoms. The summed E-state index contributed by atoms with van der Waals surface area (Å²) in [4.78, 5) is 34.3. The second-order valence-electron chi connectivity index (χ2n) is 6.80. The summed E-state index contributed by atoms with van der Waals surface area (Å²) < 4.78 is 0. The summed E-state index contributed by atoms with van der Waals surface area (Å²) in [7, 11) is 0. The molecule has 0 radical (unpaired) electrons. The van der Waals surface area contributed by atoms with E-state index in [1.165, 1.54) is 28.6 Å². The molecule has 0 saturated heterocycles.